The largest absolute Gasteiger partial charge is 0.352 e. The summed E-state index contributed by atoms with van der Waals surface area (Å²) in [6.07, 6.45) is 10.2. The Hall–Kier alpha value is -2.74. The molecule has 3 unspecified atom stereocenters. The lowest BCUT2D eigenvalue weighted by molar-refractivity contribution is 0.215. The van der Waals surface area contributed by atoms with Crippen molar-refractivity contribution in [2.75, 3.05) is 0 Å². The van der Waals surface area contributed by atoms with E-state index >= 15 is 0 Å². The minimum atomic E-state index is -0.328. The minimum Gasteiger partial charge on any atom is -0.245 e. The first kappa shape index (κ1) is 12.0. The molecule has 3 aliphatic rings. The average molecular weight is 279 g/mol. The quantitative estimate of drug-likeness (QED) is 0.580. The van der Waals surface area contributed by atoms with E-state index in [0.29, 0.717) is 12.1 Å². The molecule has 104 valence electrons. The van der Waals surface area contributed by atoms with Gasteiger partial charge in [-0.1, -0.05) is 30.4 Å². The van der Waals surface area contributed by atoms with E-state index < -0.39 is 0 Å². The summed E-state index contributed by atoms with van der Waals surface area (Å²) < 4.78 is 4.26. The van der Waals surface area contributed by atoms with Gasteiger partial charge in [-0.2, -0.15) is 0 Å². The first-order valence-electron chi connectivity index (χ1n) is 6.88. The van der Waals surface area contributed by atoms with Gasteiger partial charge < -0.3 is 0 Å². The normalized spacial score (nSPS) is 25.6. The van der Waals surface area contributed by atoms with Gasteiger partial charge in [-0.3, -0.25) is 0 Å². The summed E-state index contributed by atoms with van der Waals surface area (Å²) in [4.78, 5) is 25.3. The summed E-state index contributed by atoms with van der Waals surface area (Å²) in [5.74, 6) is 2.70. The fourth-order valence-corrected chi connectivity index (χ4v) is 3.30. The monoisotopic (exact) mass is 279 g/mol. The number of rotatable bonds is 1. The first-order chi connectivity index (χ1) is 10.2. The maximum Gasteiger partial charge on any atom is 0.352 e. The van der Waals surface area contributed by atoms with Crippen molar-refractivity contribution in [3.63, 3.8) is 0 Å². The summed E-state index contributed by atoms with van der Waals surface area (Å²) in [5, 5.41) is 0. The Balaban J connectivity index is 2.02. The molecule has 5 nitrogen and oxygen atoms in total. The lowest BCUT2D eigenvalue weighted by Crippen LogP contribution is -2.43. The standard InChI is InChI=1S/C16H13N3O2/c1-2-11-10-13-8-9-14(11)19-16(21)17(15(20)18(13)19)12-6-4-3-5-7-12/h1,3-9,11,13-14H,10H2. The van der Waals surface area contributed by atoms with Crippen LogP contribution in [0.15, 0.2) is 52.1 Å². The number of terminal acetylenes is 1. The molecule has 0 N–H and O–H groups in total. The van der Waals surface area contributed by atoms with Crippen molar-refractivity contribution in [3.05, 3.63) is 63.5 Å². The van der Waals surface area contributed by atoms with Crippen LogP contribution in [0.2, 0.25) is 0 Å². The molecule has 2 aromatic rings. The van der Waals surface area contributed by atoms with Gasteiger partial charge >= 0.3 is 11.4 Å². The summed E-state index contributed by atoms with van der Waals surface area (Å²) in [5.41, 5.74) is -0.0509. The Morgan fingerprint density at radius 3 is 2.48 bits per heavy atom. The van der Waals surface area contributed by atoms with E-state index in [2.05, 4.69) is 5.92 Å². The fourth-order valence-electron chi connectivity index (χ4n) is 3.30. The Morgan fingerprint density at radius 2 is 1.76 bits per heavy atom. The molecule has 1 aromatic heterocycles. The number of fused-ring (bicyclic) bond motifs is 1. The molecule has 21 heavy (non-hydrogen) atoms. The van der Waals surface area contributed by atoms with Gasteiger partial charge in [0, 0.05) is 5.92 Å². The Bertz CT molecular complexity index is 892. The Labute approximate surface area is 120 Å². The minimum absolute atomic E-state index is 0.0382. The highest BCUT2D eigenvalue weighted by Gasteiger charge is 2.39. The van der Waals surface area contributed by atoms with Gasteiger partial charge in [0.05, 0.1) is 17.8 Å². The third-order valence-corrected chi connectivity index (χ3v) is 4.27. The third kappa shape index (κ3) is 1.47. The molecule has 2 aliphatic heterocycles. The van der Waals surface area contributed by atoms with Crippen LogP contribution < -0.4 is 11.4 Å². The predicted molar refractivity (Wildman–Crippen MR) is 78.4 cm³/mol. The van der Waals surface area contributed by atoms with Gasteiger partial charge in [0.2, 0.25) is 0 Å². The highest BCUT2D eigenvalue weighted by molar-refractivity contribution is 5.31. The summed E-state index contributed by atoms with van der Waals surface area (Å²) in [7, 11) is 0. The van der Waals surface area contributed by atoms with E-state index in [0.717, 1.165) is 0 Å². The average Bonchev–Trinajstić information content (AvgIpc) is 2.82. The summed E-state index contributed by atoms with van der Waals surface area (Å²) in [6, 6.07) is 8.60. The number of hydrogen-bond acceptors (Lipinski definition) is 2. The number of nitrogens with zero attached hydrogens (tertiary/aromatic N) is 3. The van der Waals surface area contributed by atoms with E-state index in [1.54, 1.807) is 24.3 Å². The number of benzene rings is 1. The van der Waals surface area contributed by atoms with E-state index in [1.807, 2.05) is 18.2 Å². The van der Waals surface area contributed by atoms with Crippen molar-refractivity contribution < 1.29 is 0 Å². The fraction of sp³-hybridized carbons (Fsp3) is 0.250. The molecule has 5 heteroatoms. The molecule has 0 radical (unpaired) electrons. The molecule has 0 spiro atoms. The zero-order chi connectivity index (χ0) is 14.6. The summed E-state index contributed by atoms with van der Waals surface area (Å²) >= 11 is 0. The molecule has 3 atom stereocenters. The molecular formula is C16H13N3O2. The van der Waals surface area contributed by atoms with Crippen LogP contribution in [0.1, 0.15) is 18.5 Å². The Kier molecular flexibility index (Phi) is 2.36. The van der Waals surface area contributed by atoms with Gasteiger partial charge in [0.1, 0.15) is 0 Å². The smallest absolute Gasteiger partial charge is 0.245 e. The van der Waals surface area contributed by atoms with Gasteiger partial charge in [0.25, 0.3) is 0 Å². The highest BCUT2D eigenvalue weighted by Crippen LogP contribution is 2.37. The van der Waals surface area contributed by atoms with Crippen molar-refractivity contribution in [2.24, 2.45) is 5.92 Å². The number of allylic oxidation sites excluding steroid dienone is 2. The molecule has 0 saturated heterocycles. The zero-order valence-corrected chi connectivity index (χ0v) is 11.2. The third-order valence-electron chi connectivity index (χ3n) is 4.27. The van der Waals surface area contributed by atoms with Crippen LogP contribution in [0.25, 0.3) is 5.69 Å². The van der Waals surface area contributed by atoms with E-state index in [9.17, 15) is 9.59 Å². The molecular weight excluding hydrogens is 266 g/mol. The van der Waals surface area contributed by atoms with Crippen molar-refractivity contribution in [1.29, 1.82) is 0 Å². The lowest BCUT2D eigenvalue weighted by atomic mass is 9.86. The molecule has 1 aromatic carbocycles. The van der Waals surface area contributed by atoms with E-state index in [-0.39, 0.29) is 29.4 Å². The van der Waals surface area contributed by atoms with Crippen LogP contribution in [-0.4, -0.2) is 13.9 Å². The topological polar surface area (TPSA) is 48.9 Å². The molecule has 1 aliphatic carbocycles. The van der Waals surface area contributed by atoms with Gasteiger partial charge in [-0.25, -0.2) is 23.5 Å². The molecule has 0 amide bonds. The van der Waals surface area contributed by atoms with Crippen LogP contribution >= 0.6 is 0 Å². The Morgan fingerprint density at radius 1 is 1.05 bits per heavy atom. The highest BCUT2D eigenvalue weighted by atomic mass is 16.2. The van der Waals surface area contributed by atoms with Gasteiger partial charge in [-0.05, 0) is 18.6 Å². The van der Waals surface area contributed by atoms with Crippen LogP contribution in [0.4, 0.5) is 0 Å². The number of para-hydroxylation sites is 1. The van der Waals surface area contributed by atoms with Crippen LogP contribution in [0.5, 0.6) is 0 Å². The molecule has 0 saturated carbocycles. The second kappa shape index (κ2) is 4.13. The lowest BCUT2D eigenvalue weighted by Gasteiger charge is -2.37. The second-order valence-corrected chi connectivity index (χ2v) is 5.38. The van der Waals surface area contributed by atoms with Crippen molar-refractivity contribution in [3.8, 4) is 18.0 Å². The maximum atomic E-state index is 12.7. The van der Waals surface area contributed by atoms with E-state index in [1.165, 1.54) is 13.9 Å². The maximum absolute atomic E-state index is 12.7. The van der Waals surface area contributed by atoms with Crippen molar-refractivity contribution in [1.82, 2.24) is 13.9 Å². The SMILES string of the molecule is C#CC1CC2C=CC1n1c(=O)n(-c3ccccc3)c(=O)n12. The van der Waals surface area contributed by atoms with E-state index in [4.69, 9.17) is 6.42 Å². The van der Waals surface area contributed by atoms with Gasteiger partial charge in [-0.15, -0.1) is 12.3 Å². The molecule has 0 fully saturated rings. The second-order valence-electron chi connectivity index (χ2n) is 5.38. The van der Waals surface area contributed by atoms with Crippen LogP contribution in [0.3, 0.4) is 0 Å². The van der Waals surface area contributed by atoms with Crippen molar-refractivity contribution >= 4 is 0 Å². The molecule has 5 rings (SSSR count). The number of hydrogen-bond donors (Lipinski definition) is 0. The molecule has 2 bridgehead atoms. The number of aromatic nitrogens is 3. The van der Waals surface area contributed by atoms with Crippen molar-refractivity contribution in [2.45, 2.75) is 18.5 Å². The summed E-state index contributed by atoms with van der Waals surface area (Å²) in [6.45, 7) is 0. The van der Waals surface area contributed by atoms with Crippen LogP contribution in [0, 0.1) is 18.3 Å². The van der Waals surface area contributed by atoms with Gasteiger partial charge in [0.15, 0.2) is 0 Å². The first-order valence-corrected chi connectivity index (χ1v) is 6.88. The zero-order valence-electron chi connectivity index (χ0n) is 11.2. The molecule has 3 heterocycles. The van der Waals surface area contributed by atoms with Crippen LogP contribution in [-0.2, 0) is 0 Å². The predicted octanol–water partition coefficient (Wildman–Crippen LogP) is 1.11.